The molecule has 3 aromatic rings. The second-order valence-corrected chi connectivity index (χ2v) is 8.01. The fourth-order valence-corrected chi connectivity index (χ4v) is 4.61. The van der Waals surface area contributed by atoms with Gasteiger partial charge in [0.05, 0.1) is 18.8 Å². The predicted molar refractivity (Wildman–Crippen MR) is 113 cm³/mol. The van der Waals surface area contributed by atoms with Crippen molar-refractivity contribution in [1.29, 1.82) is 0 Å². The van der Waals surface area contributed by atoms with Gasteiger partial charge in [0.2, 0.25) is 0 Å². The van der Waals surface area contributed by atoms with Crippen molar-refractivity contribution >= 4 is 22.4 Å². The normalized spacial score (nSPS) is 21.3. The molecule has 0 radical (unpaired) electrons. The Bertz CT molecular complexity index is 1020. The van der Waals surface area contributed by atoms with Crippen LogP contribution >= 0.6 is 11.3 Å². The van der Waals surface area contributed by atoms with E-state index in [1.807, 2.05) is 40.6 Å². The van der Waals surface area contributed by atoms with Crippen molar-refractivity contribution in [3.8, 4) is 5.75 Å². The number of hydrogen-bond donors (Lipinski definition) is 2. The van der Waals surface area contributed by atoms with Gasteiger partial charge in [0.25, 0.3) is 5.91 Å². The van der Waals surface area contributed by atoms with Gasteiger partial charge in [-0.05, 0) is 24.1 Å². The van der Waals surface area contributed by atoms with E-state index in [0.29, 0.717) is 13.0 Å². The van der Waals surface area contributed by atoms with E-state index in [-0.39, 0.29) is 17.9 Å². The third-order valence-electron chi connectivity index (χ3n) is 5.48. The summed E-state index contributed by atoms with van der Waals surface area (Å²) in [6, 6.07) is 13.5. The Hall–Kier alpha value is -2.97. The lowest BCUT2D eigenvalue weighted by molar-refractivity contribution is 0.0363. The van der Waals surface area contributed by atoms with Crippen LogP contribution < -0.4 is 15.0 Å². The quantitative estimate of drug-likeness (QED) is 0.654. The van der Waals surface area contributed by atoms with E-state index in [4.69, 9.17) is 4.74 Å². The SMILES string of the molecule is COc1cccc(F)c1C(=O)N[C@@]1(c2ccccc2)CCN(c2nccs2)C[C@H]1O. The maximum absolute atomic E-state index is 14.5. The fraction of sp³-hybridized carbons (Fsp3) is 0.273. The Morgan fingerprint density at radius 3 is 2.77 bits per heavy atom. The number of nitrogens with one attached hydrogen (secondary N) is 1. The summed E-state index contributed by atoms with van der Waals surface area (Å²) in [6.45, 7) is 0.866. The summed E-state index contributed by atoms with van der Waals surface area (Å²) in [4.78, 5) is 19.5. The number of thiazole rings is 1. The maximum Gasteiger partial charge on any atom is 0.258 e. The molecule has 8 heteroatoms. The van der Waals surface area contributed by atoms with Crippen LogP contribution in [0.5, 0.6) is 5.75 Å². The van der Waals surface area contributed by atoms with Gasteiger partial charge in [0.15, 0.2) is 5.13 Å². The highest BCUT2D eigenvalue weighted by molar-refractivity contribution is 7.13. The average Bonchev–Trinajstić information content (AvgIpc) is 3.30. The predicted octanol–water partition coefficient (Wildman–Crippen LogP) is 3.19. The van der Waals surface area contributed by atoms with E-state index < -0.39 is 23.4 Å². The smallest absolute Gasteiger partial charge is 0.258 e. The minimum Gasteiger partial charge on any atom is -0.496 e. The van der Waals surface area contributed by atoms with E-state index >= 15 is 0 Å². The molecule has 0 spiro atoms. The van der Waals surface area contributed by atoms with E-state index in [2.05, 4.69) is 10.3 Å². The lowest BCUT2D eigenvalue weighted by Crippen LogP contribution is -2.62. The molecule has 0 bridgehead atoms. The van der Waals surface area contributed by atoms with E-state index in [9.17, 15) is 14.3 Å². The number of carbonyl (C=O) groups excluding carboxylic acids is 1. The summed E-state index contributed by atoms with van der Waals surface area (Å²) in [6.07, 6.45) is 1.22. The number of anilines is 1. The number of ether oxygens (including phenoxy) is 1. The molecule has 156 valence electrons. The number of halogens is 1. The molecule has 30 heavy (non-hydrogen) atoms. The molecule has 6 nitrogen and oxygen atoms in total. The number of aliphatic hydroxyl groups excluding tert-OH is 1. The molecule has 2 atom stereocenters. The standard InChI is InChI=1S/C22H22FN3O3S/c1-29-17-9-5-8-16(23)19(17)20(28)25-22(15-6-3-2-4-7-15)10-12-26(14-18(22)27)21-24-11-13-30-21/h2-9,11,13,18,27H,10,12,14H2,1H3,(H,25,28)/t18-,22-/m1/s1. The molecule has 1 amide bonds. The Morgan fingerprint density at radius 1 is 1.30 bits per heavy atom. The van der Waals surface area contributed by atoms with Crippen molar-refractivity contribution in [1.82, 2.24) is 10.3 Å². The lowest BCUT2D eigenvalue weighted by Gasteiger charge is -2.46. The molecule has 2 heterocycles. The molecule has 1 saturated heterocycles. The number of piperidine rings is 1. The van der Waals surface area contributed by atoms with Gasteiger partial charge in [-0.1, -0.05) is 36.4 Å². The second kappa shape index (κ2) is 8.41. The van der Waals surface area contributed by atoms with Crippen LogP contribution in [0.25, 0.3) is 0 Å². The zero-order valence-corrected chi connectivity index (χ0v) is 17.2. The van der Waals surface area contributed by atoms with Gasteiger partial charge in [0.1, 0.15) is 17.1 Å². The largest absolute Gasteiger partial charge is 0.496 e. The number of amides is 1. The van der Waals surface area contributed by atoms with Gasteiger partial charge in [-0.15, -0.1) is 11.3 Å². The number of aliphatic hydroxyl groups is 1. The summed E-state index contributed by atoms with van der Waals surface area (Å²) in [5.74, 6) is -1.16. The van der Waals surface area contributed by atoms with Crippen molar-refractivity contribution in [2.24, 2.45) is 0 Å². The molecule has 1 aromatic heterocycles. The third-order valence-corrected chi connectivity index (χ3v) is 6.31. The molecule has 2 aromatic carbocycles. The van der Waals surface area contributed by atoms with Gasteiger partial charge in [-0.2, -0.15) is 0 Å². The minimum atomic E-state index is -1.07. The number of nitrogens with zero attached hydrogens (tertiary/aromatic N) is 2. The van der Waals surface area contributed by atoms with Crippen LogP contribution in [-0.4, -0.2) is 42.3 Å². The van der Waals surface area contributed by atoms with Crippen LogP contribution in [-0.2, 0) is 5.54 Å². The Morgan fingerprint density at radius 2 is 2.10 bits per heavy atom. The number of carbonyl (C=O) groups is 1. The zero-order chi connectivity index (χ0) is 21.1. The average molecular weight is 428 g/mol. The minimum absolute atomic E-state index is 0.144. The lowest BCUT2D eigenvalue weighted by atomic mass is 9.78. The molecule has 2 N–H and O–H groups in total. The Labute approximate surface area is 177 Å². The van der Waals surface area contributed by atoms with Crippen LogP contribution in [0.15, 0.2) is 60.1 Å². The fourth-order valence-electron chi connectivity index (χ4n) is 3.93. The van der Waals surface area contributed by atoms with E-state index in [1.54, 1.807) is 6.20 Å². The van der Waals surface area contributed by atoms with Gasteiger partial charge < -0.3 is 20.1 Å². The molecular weight excluding hydrogens is 405 g/mol. The second-order valence-electron chi connectivity index (χ2n) is 7.14. The summed E-state index contributed by atoms with van der Waals surface area (Å²) < 4.78 is 19.7. The zero-order valence-electron chi connectivity index (χ0n) is 16.4. The van der Waals surface area contributed by atoms with Crippen LogP contribution in [0.1, 0.15) is 22.3 Å². The first-order valence-corrected chi connectivity index (χ1v) is 10.5. The first kappa shape index (κ1) is 20.3. The molecule has 4 rings (SSSR count). The van der Waals surface area contributed by atoms with Crippen molar-refractivity contribution in [2.75, 3.05) is 25.1 Å². The maximum atomic E-state index is 14.5. The molecule has 0 saturated carbocycles. The molecule has 1 aliphatic rings. The molecule has 1 aliphatic heterocycles. The van der Waals surface area contributed by atoms with Crippen molar-refractivity contribution in [3.05, 3.63) is 77.1 Å². The first-order valence-electron chi connectivity index (χ1n) is 9.58. The van der Waals surface area contributed by atoms with E-state index in [0.717, 1.165) is 10.7 Å². The van der Waals surface area contributed by atoms with Crippen molar-refractivity contribution in [3.63, 3.8) is 0 Å². The molecular formula is C22H22FN3O3S. The van der Waals surface area contributed by atoms with Crippen LogP contribution in [0, 0.1) is 5.82 Å². The summed E-state index contributed by atoms with van der Waals surface area (Å²) in [7, 11) is 1.39. The third kappa shape index (κ3) is 3.64. The summed E-state index contributed by atoms with van der Waals surface area (Å²) in [5.41, 5.74) is -0.482. The van der Waals surface area contributed by atoms with Crippen LogP contribution in [0.3, 0.4) is 0 Å². The Balaban J connectivity index is 1.69. The highest BCUT2D eigenvalue weighted by atomic mass is 32.1. The number of methoxy groups -OCH3 is 1. The number of β-amino-alcohol motifs (C(OH)–C–C–N with tert-alkyl or cyclic N) is 1. The summed E-state index contributed by atoms with van der Waals surface area (Å²) >= 11 is 1.50. The van der Waals surface area contributed by atoms with Gasteiger partial charge >= 0.3 is 0 Å². The van der Waals surface area contributed by atoms with Gasteiger partial charge in [-0.25, -0.2) is 9.37 Å². The molecule has 0 aliphatic carbocycles. The Kier molecular flexibility index (Phi) is 5.69. The van der Waals surface area contributed by atoms with Crippen LogP contribution in [0.4, 0.5) is 9.52 Å². The topological polar surface area (TPSA) is 74.7 Å². The number of rotatable bonds is 5. The van der Waals surface area contributed by atoms with Crippen molar-refractivity contribution < 1.29 is 19.0 Å². The van der Waals surface area contributed by atoms with E-state index in [1.165, 1.54) is 36.6 Å². The number of benzene rings is 2. The van der Waals surface area contributed by atoms with Gasteiger partial charge in [0, 0.05) is 24.7 Å². The van der Waals surface area contributed by atoms with Gasteiger partial charge in [-0.3, -0.25) is 4.79 Å². The number of aromatic nitrogens is 1. The van der Waals surface area contributed by atoms with Crippen LogP contribution in [0.2, 0.25) is 0 Å². The highest BCUT2D eigenvalue weighted by Crippen LogP contribution is 2.36. The summed E-state index contributed by atoms with van der Waals surface area (Å²) in [5, 5.41) is 16.9. The van der Waals surface area contributed by atoms with Crippen molar-refractivity contribution in [2.45, 2.75) is 18.1 Å². The highest BCUT2D eigenvalue weighted by Gasteiger charge is 2.46. The molecule has 1 fully saturated rings. The number of hydrogen-bond acceptors (Lipinski definition) is 6. The first-order chi connectivity index (χ1) is 14.5. The molecule has 0 unspecified atom stereocenters. The monoisotopic (exact) mass is 427 g/mol.